The van der Waals surface area contributed by atoms with Gasteiger partial charge < -0.3 is 19.5 Å². The number of hydrogen-bond donors (Lipinski definition) is 1. The molecule has 0 bridgehead atoms. The highest BCUT2D eigenvalue weighted by Gasteiger charge is 2.11. The standard InChI is InChI=1S/C18H20ClNO4/c1-22-10-9-20-18(21)14-5-8-16(17(11-14)23-2)24-12-13-3-6-15(19)7-4-13/h3-8,11H,9-10,12H2,1-2H3,(H,20,21). The predicted molar refractivity (Wildman–Crippen MR) is 93.0 cm³/mol. The van der Waals surface area contributed by atoms with Crippen LogP contribution in [0.3, 0.4) is 0 Å². The number of carbonyl (C=O) groups excluding carboxylic acids is 1. The van der Waals surface area contributed by atoms with Gasteiger partial charge in [0.25, 0.3) is 5.91 Å². The average molecular weight is 350 g/mol. The van der Waals surface area contributed by atoms with E-state index in [9.17, 15) is 4.79 Å². The maximum absolute atomic E-state index is 12.0. The van der Waals surface area contributed by atoms with Gasteiger partial charge in [-0.15, -0.1) is 0 Å². The molecular weight excluding hydrogens is 330 g/mol. The van der Waals surface area contributed by atoms with Gasteiger partial charge in [-0.25, -0.2) is 0 Å². The Morgan fingerprint density at radius 2 is 1.83 bits per heavy atom. The van der Waals surface area contributed by atoms with Gasteiger partial charge in [-0.2, -0.15) is 0 Å². The third-order valence-electron chi connectivity index (χ3n) is 3.33. The SMILES string of the molecule is COCCNC(=O)c1ccc(OCc2ccc(Cl)cc2)c(OC)c1. The Hall–Kier alpha value is -2.24. The number of nitrogens with one attached hydrogen (secondary N) is 1. The van der Waals surface area contributed by atoms with Crippen LogP contribution in [-0.4, -0.2) is 33.3 Å². The Morgan fingerprint density at radius 1 is 1.08 bits per heavy atom. The molecule has 2 aromatic rings. The maximum Gasteiger partial charge on any atom is 0.251 e. The molecule has 0 aliphatic carbocycles. The molecule has 0 aliphatic rings. The normalized spacial score (nSPS) is 10.3. The number of methoxy groups -OCH3 is 2. The van der Waals surface area contributed by atoms with Crippen LogP contribution in [0, 0.1) is 0 Å². The van der Waals surface area contributed by atoms with E-state index < -0.39 is 0 Å². The summed E-state index contributed by atoms with van der Waals surface area (Å²) < 4.78 is 16.0. The summed E-state index contributed by atoms with van der Waals surface area (Å²) in [7, 11) is 3.12. The average Bonchev–Trinajstić information content (AvgIpc) is 2.61. The minimum atomic E-state index is -0.186. The zero-order valence-corrected chi connectivity index (χ0v) is 14.4. The molecule has 5 nitrogen and oxygen atoms in total. The molecule has 0 saturated heterocycles. The highest BCUT2D eigenvalue weighted by Crippen LogP contribution is 2.29. The summed E-state index contributed by atoms with van der Waals surface area (Å²) in [4.78, 5) is 12.0. The van der Waals surface area contributed by atoms with Crippen molar-refractivity contribution in [3.63, 3.8) is 0 Å². The van der Waals surface area contributed by atoms with Crippen molar-refractivity contribution in [3.05, 3.63) is 58.6 Å². The van der Waals surface area contributed by atoms with Gasteiger partial charge >= 0.3 is 0 Å². The van der Waals surface area contributed by atoms with Gasteiger partial charge in [0.15, 0.2) is 11.5 Å². The number of ether oxygens (including phenoxy) is 3. The molecule has 0 aliphatic heterocycles. The first-order valence-corrected chi connectivity index (χ1v) is 7.84. The van der Waals surface area contributed by atoms with Crippen molar-refractivity contribution < 1.29 is 19.0 Å². The van der Waals surface area contributed by atoms with Crippen LogP contribution in [0.15, 0.2) is 42.5 Å². The second-order valence-electron chi connectivity index (χ2n) is 5.03. The number of benzene rings is 2. The number of rotatable bonds is 8. The van der Waals surface area contributed by atoms with Crippen LogP contribution in [0.5, 0.6) is 11.5 Å². The lowest BCUT2D eigenvalue weighted by molar-refractivity contribution is 0.0936. The van der Waals surface area contributed by atoms with E-state index in [4.69, 9.17) is 25.8 Å². The fourth-order valence-electron chi connectivity index (χ4n) is 2.04. The minimum Gasteiger partial charge on any atom is -0.493 e. The van der Waals surface area contributed by atoms with E-state index in [-0.39, 0.29) is 5.91 Å². The number of hydrogen-bond acceptors (Lipinski definition) is 4. The van der Waals surface area contributed by atoms with Gasteiger partial charge in [0.1, 0.15) is 6.61 Å². The Kier molecular flexibility index (Phi) is 6.90. The first kappa shape index (κ1) is 18.1. The fraction of sp³-hybridized carbons (Fsp3) is 0.278. The summed E-state index contributed by atoms with van der Waals surface area (Å²) >= 11 is 5.86. The van der Waals surface area contributed by atoms with E-state index >= 15 is 0 Å². The van der Waals surface area contributed by atoms with Crippen LogP contribution in [0.4, 0.5) is 0 Å². The smallest absolute Gasteiger partial charge is 0.251 e. The van der Waals surface area contributed by atoms with Crippen molar-refractivity contribution in [1.82, 2.24) is 5.32 Å². The lowest BCUT2D eigenvalue weighted by Crippen LogP contribution is -2.26. The molecule has 0 atom stereocenters. The van der Waals surface area contributed by atoms with Crippen molar-refractivity contribution in [3.8, 4) is 11.5 Å². The van der Waals surface area contributed by atoms with Gasteiger partial charge in [0.05, 0.1) is 13.7 Å². The number of amides is 1. The van der Waals surface area contributed by atoms with Crippen molar-refractivity contribution >= 4 is 17.5 Å². The molecule has 24 heavy (non-hydrogen) atoms. The van der Waals surface area contributed by atoms with E-state index in [0.29, 0.717) is 41.8 Å². The van der Waals surface area contributed by atoms with Gasteiger partial charge in [-0.3, -0.25) is 4.79 Å². The topological polar surface area (TPSA) is 56.8 Å². The summed E-state index contributed by atoms with van der Waals surface area (Å²) in [5.41, 5.74) is 1.49. The first-order chi connectivity index (χ1) is 11.6. The minimum absolute atomic E-state index is 0.186. The van der Waals surface area contributed by atoms with Gasteiger partial charge in [0.2, 0.25) is 0 Å². The van der Waals surface area contributed by atoms with Gasteiger partial charge in [0, 0.05) is 24.2 Å². The van der Waals surface area contributed by atoms with Crippen molar-refractivity contribution in [2.75, 3.05) is 27.4 Å². The molecule has 0 unspecified atom stereocenters. The Bertz CT molecular complexity index is 673. The van der Waals surface area contributed by atoms with Crippen LogP contribution in [0.1, 0.15) is 15.9 Å². The molecule has 0 spiro atoms. The van der Waals surface area contributed by atoms with Crippen LogP contribution < -0.4 is 14.8 Å². The summed E-state index contributed by atoms with van der Waals surface area (Å²) in [6.07, 6.45) is 0. The monoisotopic (exact) mass is 349 g/mol. The van der Waals surface area contributed by atoms with Crippen molar-refractivity contribution in [2.24, 2.45) is 0 Å². The highest BCUT2D eigenvalue weighted by molar-refractivity contribution is 6.30. The maximum atomic E-state index is 12.0. The number of carbonyl (C=O) groups is 1. The van der Waals surface area contributed by atoms with Gasteiger partial charge in [-0.05, 0) is 35.9 Å². The van der Waals surface area contributed by atoms with E-state index in [0.717, 1.165) is 5.56 Å². The van der Waals surface area contributed by atoms with E-state index in [1.54, 1.807) is 25.3 Å². The molecule has 1 N–H and O–H groups in total. The lowest BCUT2D eigenvalue weighted by Gasteiger charge is -2.12. The van der Waals surface area contributed by atoms with Crippen LogP contribution in [0.25, 0.3) is 0 Å². The third kappa shape index (κ3) is 5.15. The Labute approximate surface area is 146 Å². The highest BCUT2D eigenvalue weighted by atomic mass is 35.5. The van der Waals surface area contributed by atoms with E-state index in [2.05, 4.69) is 5.32 Å². The zero-order chi connectivity index (χ0) is 17.4. The van der Waals surface area contributed by atoms with Crippen LogP contribution >= 0.6 is 11.6 Å². The first-order valence-electron chi connectivity index (χ1n) is 7.46. The predicted octanol–water partition coefficient (Wildman–Crippen LogP) is 3.30. The Morgan fingerprint density at radius 3 is 2.50 bits per heavy atom. The zero-order valence-electron chi connectivity index (χ0n) is 13.7. The molecule has 6 heteroatoms. The van der Waals surface area contributed by atoms with Gasteiger partial charge in [-0.1, -0.05) is 23.7 Å². The van der Waals surface area contributed by atoms with Crippen molar-refractivity contribution in [2.45, 2.75) is 6.61 Å². The quantitative estimate of drug-likeness (QED) is 0.743. The molecular formula is C18H20ClNO4. The summed E-state index contributed by atoms with van der Waals surface area (Å²) in [6, 6.07) is 12.5. The second kappa shape index (κ2) is 9.15. The van der Waals surface area contributed by atoms with Crippen LogP contribution in [0.2, 0.25) is 5.02 Å². The molecule has 0 heterocycles. The lowest BCUT2D eigenvalue weighted by atomic mass is 10.2. The molecule has 0 aromatic heterocycles. The van der Waals surface area contributed by atoms with Crippen molar-refractivity contribution in [1.29, 1.82) is 0 Å². The largest absolute Gasteiger partial charge is 0.493 e. The molecule has 0 saturated carbocycles. The summed E-state index contributed by atoms with van der Waals surface area (Å²) in [5, 5.41) is 3.44. The van der Waals surface area contributed by atoms with Crippen LogP contribution in [-0.2, 0) is 11.3 Å². The molecule has 2 aromatic carbocycles. The summed E-state index contributed by atoms with van der Waals surface area (Å²) in [6.45, 7) is 1.30. The Balaban J connectivity index is 2.02. The molecule has 1 amide bonds. The molecule has 0 fully saturated rings. The second-order valence-corrected chi connectivity index (χ2v) is 5.47. The molecule has 0 radical (unpaired) electrons. The summed E-state index contributed by atoms with van der Waals surface area (Å²) in [5.74, 6) is 0.888. The number of halogens is 1. The fourth-order valence-corrected chi connectivity index (χ4v) is 2.16. The van der Waals surface area contributed by atoms with E-state index in [1.807, 2.05) is 24.3 Å². The third-order valence-corrected chi connectivity index (χ3v) is 3.58. The molecule has 128 valence electrons. The van der Waals surface area contributed by atoms with E-state index in [1.165, 1.54) is 7.11 Å². The molecule has 2 rings (SSSR count).